The van der Waals surface area contributed by atoms with E-state index in [1.54, 1.807) is 16.9 Å². The summed E-state index contributed by atoms with van der Waals surface area (Å²) in [5.74, 6) is 0.474. The zero-order valence-corrected chi connectivity index (χ0v) is 14.3. The summed E-state index contributed by atoms with van der Waals surface area (Å²) in [4.78, 5) is 12.0. The average Bonchev–Trinajstić information content (AvgIpc) is 2.94. The van der Waals surface area contributed by atoms with Crippen molar-refractivity contribution in [3.63, 3.8) is 0 Å². The molecule has 0 aliphatic carbocycles. The first-order valence-electron chi connectivity index (χ1n) is 6.91. The van der Waals surface area contributed by atoms with Gasteiger partial charge in [0, 0.05) is 24.7 Å². The van der Waals surface area contributed by atoms with Crippen molar-refractivity contribution in [1.82, 2.24) is 9.78 Å². The van der Waals surface area contributed by atoms with E-state index in [1.807, 2.05) is 24.3 Å². The van der Waals surface area contributed by atoms with Gasteiger partial charge in [0.15, 0.2) is 0 Å². The van der Waals surface area contributed by atoms with Crippen LogP contribution in [0.15, 0.2) is 36.5 Å². The van der Waals surface area contributed by atoms with Gasteiger partial charge in [0.05, 0.1) is 25.3 Å². The largest absolute Gasteiger partial charge is 0.380 e. The van der Waals surface area contributed by atoms with Crippen molar-refractivity contribution in [2.75, 3.05) is 19.0 Å². The summed E-state index contributed by atoms with van der Waals surface area (Å²) in [7, 11) is 1.54. The molecule has 0 aliphatic rings. The van der Waals surface area contributed by atoms with Gasteiger partial charge in [0.2, 0.25) is 5.91 Å². The molecule has 0 fully saturated rings. The van der Waals surface area contributed by atoms with Crippen LogP contribution in [0.1, 0.15) is 12.0 Å². The van der Waals surface area contributed by atoms with Crippen molar-refractivity contribution >= 4 is 35.7 Å². The van der Waals surface area contributed by atoms with Crippen molar-refractivity contribution < 1.29 is 9.53 Å². The van der Waals surface area contributed by atoms with Gasteiger partial charge in [-0.1, -0.05) is 23.7 Å². The zero-order valence-electron chi connectivity index (χ0n) is 12.7. The van der Waals surface area contributed by atoms with Crippen LogP contribution in [0.5, 0.6) is 0 Å². The molecule has 1 aromatic carbocycles. The van der Waals surface area contributed by atoms with Gasteiger partial charge in [0.25, 0.3) is 0 Å². The smallest absolute Gasteiger partial charge is 0.228 e. The normalized spacial score (nSPS) is 11.6. The van der Waals surface area contributed by atoms with Gasteiger partial charge in [-0.15, -0.1) is 12.4 Å². The highest BCUT2D eigenvalue weighted by molar-refractivity contribution is 6.30. The fraction of sp³-hybridized carbons (Fsp3) is 0.333. The summed E-state index contributed by atoms with van der Waals surface area (Å²) >= 11 is 5.87. The summed E-state index contributed by atoms with van der Waals surface area (Å²) < 4.78 is 6.82. The minimum absolute atomic E-state index is 0. The first kappa shape index (κ1) is 19.4. The Morgan fingerprint density at radius 2 is 2.09 bits per heavy atom. The summed E-state index contributed by atoms with van der Waals surface area (Å²) in [6.07, 6.45) is 1.56. The number of halogens is 2. The predicted molar refractivity (Wildman–Crippen MR) is 93.1 cm³/mol. The van der Waals surface area contributed by atoms with Gasteiger partial charge >= 0.3 is 0 Å². The quantitative estimate of drug-likeness (QED) is 0.795. The molecule has 1 atom stereocenters. The van der Waals surface area contributed by atoms with Crippen LogP contribution < -0.4 is 11.1 Å². The fourth-order valence-electron chi connectivity index (χ4n) is 1.99. The number of carbonyl (C=O) groups is 1. The Balaban J connectivity index is 0.00000264. The van der Waals surface area contributed by atoms with Gasteiger partial charge in [0.1, 0.15) is 5.82 Å². The second kappa shape index (κ2) is 9.52. The Morgan fingerprint density at radius 3 is 2.70 bits per heavy atom. The van der Waals surface area contributed by atoms with Crippen LogP contribution in [-0.4, -0.2) is 35.4 Å². The maximum absolute atomic E-state index is 12.0. The second-order valence-corrected chi connectivity index (χ2v) is 5.28. The number of hydrogen-bond donors (Lipinski definition) is 2. The number of hydrogen-bond acceptors (Lipinski definition) is 4. The molecule has 23 heavy (non-hydrogen) atoms. The molecule has 2 rings (SSSR count). The van der Waals surface area contributed by atoms with E-state index in [2.05, 4.69) is 10.4 Å². The van der Waals surface area contributed by atoms with Crippen LogP contribution >= 0.6 is 24.0 Å². The van der Waals surface area contributed by atoms with Crippen molar-refractivity contribution in [2.24, 2.45) is 5.73 Å². The Hall–Kier alpha value is -1.60. The lowest BCUT2D eigenvalue weighted by Gasteiger charge is -2.13. The maximum Gasteiger partial charge on any atom is 0.228 e. The van der Waals surface area contributed by atoms with Crippen molar-refractivity contribution in [1.29, 1.82) is 0 Å². The molecular formula is C15H20Cl2N4O2. The lowest BCUT2D eigenvalue weighted by atomic mass is 10.2. The molecule has 0 spiro atoms. The summed E-state index contributed by atoms with van der Waals surface area (Å²) in [5.41, 5.74) is 6.56. The van der Waals surface area contributed by atoms with Gasteiger partial charge in [-0.3, -0.25) is 4.79 Å². The molecule has 126 valence electrons. The maximum atomic E-state index is 12.0. The first-order valence-corrected chi connectivity index (χ1v) is 7.29. The highest BCUT2D eigenvalue weighted by Gasteiger charge is 2.13. The first-order chi connectivity index (χ1) is 10.6. The number of nitrogens with one attached hydrogen (secondary N) is 1. The average molecular weight is 359 g/mol. The molecule has 1 unspecified atom stereocenters. The number of nitrogens with two attached hydrogens (primary N) is 1. The molecule has 0 aliphatic heterocycles. The van der Waals surface area contributed by atoms with E-state index in [4.69, 9.17) is 22.1 Å². The number of anilines is 1. The van der Waals surface area contributed by atoms with Crippen LogP contribution in [0.4, 0.5) is 5.82 Å². The molecule has 0 saturated heterocycles. The molecule has 3 N–H and O–H groups in total. The van der Waals surface area contributed by atoms with Crippen LogP contribution in [-0.2, 0) is 16.1 Å². The molecule has 0 saturated carbocycles. The lowest BCUT2D eigenvalue weighted by molar-refractivity contribution is -0.118. The minimum atomic E-state index is -0.285. The van der Waals surface area contributed by atoms with Crippen molar-refractivity contribution in [2.45, 2.75) is 19.1 Å². The Kier molecular flexibility index (Phi) is 8.05. The highest BCUT2D eigenvalue weighted by Crippen LogP contribution is 2.14. The van der Waals surface area contributed by atoms with E-state index in [-0.39, 0.29) is 30.8 Å². The predicted octanol–water partition coefficient (Wildman–Crippen LogP) is 2.31. The standard InChI is InChI=1S/C15H19ClN4O2.ClH/c1-22-13(9-17)8-15(21)19-14-6-7-18-20(14)10-11-2-4-12(16)5-3-11;/h2-7,13H,8-10,17H2,1H3,(H,19,21);1H. The molecule has 1 aromatic heterocycles. The third-order valence-electron chi connectivity index (χ3n) is 3.24. The third kappa shape index (κ3) is 5.84. The number of rotatable bonds is 7. The van der Waals surface area contributed by atoms with Gasteiger partial charge < -0.3 is 15.8 Å². The second-order valence-electron chi connectivity index (χ2n) is 4.85. The van der Waals surface area contributed by atoms with E-state index < -0.39 is 0 Å². The van der Waals surface area contributed by atoms with E-state index in [9.17, 15) is 4.79 Å². The number of carbonyl (C=O) groups excluding carboxylic acids is 1. The minimum Gasteiger partial charge on any atom is -0.380 e. The fourth-order valence-corrected chi connectivity index (χ4v) is 2.12. The summed E-state index contributed by atoms with van der Waals surface area (Å²) in [5, 5.41) is 7.73. The van der Waals surface area contributed by atoms with Crippen molar-refractivity contribution in [3.8, 4) is 0 Å². The Bertz CT molecular complexity index is 612. The van der Waals surface area contributed by atoms with E-state index in [1.165, 1.54) is 7.11 Å². The number of methoxy groups -OCH3 is 1. The highest BCUT2D eigenvalue weighted by atomic mass is 35.5. The molecular weight excluding hydrogens is 339 g/mol. The van der Waals surface area contributed by atoms with Gasteiger partial charge in [-0.25, -0.2) is 4.68 Å². The Labute approximate surface area is 146 Å². The molecule has 6 nitrogen and oxygen atoms in total. The number of aromatic nitrogens is 2. The van der Waals surface area contributed by atoms with Gasteiger partial charge in [-0.2, -0.15) is 5.10 Å². The van der Waals surface area contributed by atoms with Crippen LogP contribution in [0.3, 0.4) is 0 Å². The van der Waals surface area contributed by atoms with Crippen LogP contribution in [0.25, 0.3) is 0 Å². The molecule has 0 radical (unpaired) electrons. The number of amides is 1. The molecule has 2 aromatic rings. The number of nitrogens with zero attached hydrogens (tertiary/aromatic N) is 2. The van der Waals surface area contributed by atoms with Crippen molar-refractivity contribution in [3.05, 3.63) is 47.1 Å². The molecule has 1 amide bonds. The topological polar surface area (TPSA) is 82.2 Å². The van der Waals surface area contributed by atoms with E-state index in [0.717, 1.165) is 5.56 Å². The van der Waals surface area contributed by atoms with E-state index >= 15 is 0 Å². The third-order valence-corrected chi connectivity index (χ3v) is 3.49. The van der Waals surface area contributed by atoms with Crippen LogP contribution in [0.2, 0.25) is 5.02 Å². The summed E-state index contributed by atoms with van der Waals surface area (Å²) in [6, 6.07) is 9.24. The number of ether oxygens (including phenoxy) is 1. The molecule has 0 bridgehead atoms. The SMILES string of the molecule is COC(CN)CC(=O)Nc1ccnn1Cc1ccc(Cl)cc1.Cl. The van der Waals surface area contributed by atoms with Crippen LogP contribution in [0, 0.1) is 0 Å². The summed E-state index contributed by atoms with van der Waals surface area (Å²) in [6.45, 7) is 0.846. The Morgan fingerprint density at radius 1 is 1.39 bits per heavy atom. The van der Waals surface area contributed by atoms with E-state index in [0.29, 0.717) is 23.9 Å². The monoisotopic (exact) mass is 358 g/mol. The molecule has 1 heterocycles. The number of benzene rings is 1. The lowest BCUT2D eigenvalue weighted by Crippen LogP contribution is -2.28. The van der Waals surface area contributed by atoms with Gasteiger partial charge in [-0.05, 0) is 17.7 Å². The molecule has 8 heteroatoms. The zero-order chi connectivity index (χ0) is 15.9.